The zero-order valence-electron chi connectivity index (χ0n) is 10.7. The molecule has 0 spiro atoms. The summed E-state index contributed by atoms with van der Waals surface area (Å²) in [5, 5.41) is 1.97. The fourth-order valence-electron chi connectivity index (χ4n) is 2.24. The highest BCUT2D eigenvalue weighted by Crippen LogP contribution is 2.26. The molecule has 0 radical (unpaired) electrons. The first-order valence-corrected chi connectivity index (χ1v) is 8.42. The highest BCUT2D eigenvalue weighted by atomic mass is 79.9. The zero-order valence-corrected chi connectivity index (χ0v) is 13.9. The van der Waals surface area contributed by atoms with Gasteiger partial charge in [-0.3, -0.25) is 0 Å². The van der Waals surface area contributed by atoms with Gasteiger partial charge in [-0.1, -0.05) is 0 Å². The van der Waals surface area contributed by atoms with Gasteiger partial charge in [0.1, 0.15) is 17.2 Å². The minimum Gasteiger partial charge on any atom is -0.322 e. The zero-order chi connectivity index (χ0) is 15.0. The maximum absolute atomic E-state index is 13.9. The van der Waals surface area contributed by atoms with E-state index in [1.807, 2.05) is 16.0 Å². The lowest BCUT2D eigenvalue weighted by atomic mass is 10.3. The first-order valence-electron chi connectivity index (χ1n) is 6.21. The number of thiophene rings is 1. The molecule has 0 saturated carbocycles. The first-order chi connectivity index (χ1) is 10.1. The third kappa shape index (κ3) is 2.98. The number of fused-ring (bicyclic) bond motifs is 1. The van der Waals surface area contributed by atoms with E-state index in [1.54, 1.807) is 11.3 Å². The molecule has 2 aromatic heterocycles. The molecule has 0 unspecified atom stereocenters. The minimum atomic E-state index is -0.646. The Kier molecular flexibility index (Phi) is 4.28. The summed E-state index contributed by atoms with van der Waals surface area (Å²) in [6, 6.07) is 4.15. The van der Waals surface area contributed by atoms with E-state index in [9.17, 15) is 8.78 Å². The topological polar surface area (TPSA) is 17.8 Å². The number of nitrogens with zero attached hydrogens (tertiary/aromatic N) is 2. The summed E-state index contributed by atoms with van der Waals surface area (Å²) >= 11 is 10.8. The molecule has 0 aliphatic carbocycles. The van der Waals surface area contributed by atoms with Crippen LogP contribution in [0.25, 0.3) is 11.0 Å². The van der Waals surface area contributed by atoms with E-state index < -0.39 is 11.6 Å². The molecule has 21 heavy (non-hydrogen) atoms. The molecule has 2 heterocycles. The van der Waals surface area contributed by atoms with Gasteiger partial charge >= 0.3 is 0 Å². The number of benzene rings is 1. The molecule has 0 N–H and O–H groups in total. The van der Waals surface area contributed by atoms with Crippen LogP contribution in [0.1, 0.15) is 10.7 Å². The predicted octanol–water partition coefficient (Wildman–Crippen LogP) is 4.97. The lowest BCUT2D eigenvalue weighted by molar-refractivity contribution is 0.590. The predicted molar refractivity (Wildman–Crippen MR) is 85.2 cm³/mol. The molecule has 0 saturated heterocycles. The smallest absolute Gasteiger partial charge is 0.153 e. The maximum Gasteiger partial charge on any atom is 0.153 e. The van der Waals surface area contributed by atoms with Crippen LogP contribution < -0.4 is 0 Å². The number of hydrogen-bond acceptors (Lipinski definition) is 2. The third-order valence-electron chi connectivity index (χ3n) is 3.11. The molecule has 1 aromatic carbocycles. The lowest BCUT2D eigenvalue weighted by Gasteiger charge is -2.07. The van der Waals surface area contributed by atoms with Crippen molar-refractivity contribution in [3.63, 3.8) is 0 Å². The Morgan fingerprint density at radius 2 is 2.10 bits per heavy atom. The summed E-state index contributed by atoms with van der Waals surface area (Å²) in [5.41, 5.74) is 0.643. The summed E-state index contributed by atoms with van der Waals surface area (Å²) in [7, 11) is 0. The van der Waals surface area contributed by atoms with Crippen molar-refractivity contribution in [2.45, 2.75) is 13.0 Å². The summed E-state index contributed by atoms with van der Waals surface area (Å²) in [6.45, 7) is 0.516. The van der Waals surface area contributed by atoms with Crippen molar-refractivity contribution in [2.24, 2.45) is 0 Å². The van der Waals surface area contributed by atoms with Gasteiger partial charge in [-0.25, -0.2) is 13.8 Å². The molecule has 0 amide bonds. The SMILES string of the molecule is Fc1cc(F)c2nc(CCCl)n(Cc3cc(Br)cs3)c2c1. The van der Waals surface area contributed by atoms with Gasteiger partial charge in [0.2, 0.25) is 0 Å². The molecule has 0 aliphatic rings. The van der Waals surface area contributed by atoms with Crippen molar-refractivity contribution >= 4 is 49.9 Å². The summed E-state index contributed by atoms with van der Waals surface area (Å²) in [5.74, 6) is -0.214. The van der Waals surface area contributed by atoms with E-state index in [2.05, 4.69) is 20.9 Å². The quantitative estimate of drug-likeness (QED) is 0.574. The summed E-state index contributed by atoms with van der Waals surface area (Å²) < 4.78 is 30.2. The fraction of sp³-hybridized carbons (Fsp3) is 0.214. The molecule has 0 bridgehead atoms. The Labute approximate surface area is 137 Å². The Balaban J connectivity index is 2.15. The molecule has 3 aromatic rings. The van der Waals surface area contributed by atoms with Crippen molar-refractivity contribution < 1.29 is 8.78 Å². The van der Waals surface area contributed by atoms with E-state index in [4.69, 9.17) is 11.6 Å². The Morgan fingerprint density at radius 1 is 1.29 bits per heavy atom. The Morgan fingerprint density at radius 3 is 2.76 bits per heavy atom. The average Bonchev–Trinajstić information content (AvgIpc) is 2.97. The normalized spacial score (nSPS) is 11.4. The van der Waals surface area contributed by atoms with Crippen LogP contribution >= 0.6 is 38.9 Å². The first kappa shape index (κ1) is 14.9. The molecular formula is C14H10BrClF2N2S. The van der Waals surface area contributed by atoms with Crippen LogP contribution in [0.2, 0.25) is 0 Å². The van der Waals surface area contributed by atoms with Gasteiger partial charge in [0.05, 0.1) is 12.1 Å². The molecule has 0 atom stereocenters. The van der Waals surface area contributed by atoms with Gasteiger partial charge in [0.25, 0.3) is 0 Å². The van der Waals surface area contributed by atoms with Gasteiger partial charge in [0.15, 0.2) is 5.82 Å². The summed E-state index contributed by atoms with van der Waals surface area (Å²) in [6.07, 6.45) is 0.504. The van der Waals surface area contributed by atoms with Crippen LogP contribution in [0, 0.1) is 11.6 Å². The number of aromatic nitrogens is 2. The van der Waals surface area contributed by atoms with Crippen molar-refractivity contribution in [1.29, 1.82) is 0 Å². The van der Waals surface area contributed by atoms with Crippen LogP contribution in [0.5, 0.6) is 0 Å². The van der Waals surface area contributed by atoms with Gasteiger partial charge in [-0.05, 0) is 28.1 Å². The number of hydrogen-bond donors (Lipinski definition) is 0. The van der Waals surface area contributed by atoms with Crippen LogP contribution in [0.3, 0.4) is 0 Å². The monoisotopic (exact) mass is 390 g/mol. The lowest BCUT2D eigenvalue weighted by Crippen LogP contribution is -2.05. The van der Waals surface area contributed by atoms with E-state index >= 15 is 0 Å². The van der Waals surface area contributed by atoms with Crippen molar-refractivity contribution in [3.05, 3.63) is 50.4 Å². The molecular weight excluding hydrogens is 382 g/mol. The number of rotatable bonds is 4. The number of imidazole rings is 1. The highest BCUT2D eigenvalue weighted by molar-refractivity contribution is 9.10. The molecule has 2 nitrogen and oxygen atoms in total. The van der Waals surface area contributed by atoms with Crippen LogP contribution in [-0.2, 0) is 13.0 Å². The number of halogens is 4. The van der Waals surface area contributed by atoms with Crippen LogP contribution in [0.15, 0.2) is 28.1 Å². The number of aryl methyl sites for hydroxylation is 1. The van der Waals surface area contributed by atoms with E-state index in [-0.39, 0.29) is 5.52 Å². The van der Waals surface area contributed by atoms with E-state index in [0.29, 0.717) is 30.2 Å². The summed E-state index contributed by atoms with van der Waals surface area (Å²) in [4.78, 5) is 5.35. The van der Waals surface area contributed by atoms with Crippen LogP contribution in [-0.4, -0.2) is 15.4 Å². The van der Waals surface area contributed by atoms with E-state index in [1.165, 1.54) is 6.07 Å². The second kappa shape index (κ2) is 6.02. The average molecular weight is 392 g/mol. The van der Waals surface area contributed by atoms with Gasteiger partial charge in [-0.15, -0.1) is 22.9 Å². The minimum absolute atomic E-state index is 0.187. The molecule has 3 rings (SSSR count). The Hall–Kier alpha value is -0.980. The molecule has 0 aliphatic heterocycles. The second-order valence-corrected chi connectivity index (χ2v) is 6.83. The van der Waals surface area contributed by atoms with Gasteiger partial charge in [-0.2, -0.15) is 0 Å². The molecule has 110 valence electrons. The second-order valence-electron chi connectivity index (χ2n) is 4.54. The maximum atomic E-state index is 13.9. The largest absolute Gasteiger partial charge is 0.322 e. The third-order valence-corrected chi connectivity index (χ3v) is 4.98. The Bertz CT molecular complexity index is 800. The van der Waals surface area contributed by atoms with E-state index in [0.717, 1.165) is 15.4 Å². The molecule has 0 fully saturated rings. The van der Waals surface area contributed by atoms with Crippen molar-refractivity contribution in [1.82, 2.24) is 9.55 Å². The molecule has 7 heteroatoms. The number of alkyl halides is 1. The standard InChI is InChI=1S/C14H10BrClF2N2S/c15-8-3-10(21-7-8)6-20-12-5-9(17)4-11(18)14(12)19-13(20)1-2-16/h3-5,7H,1-2,6H2. The van der Waals surface area contributed by atoms with Crippen molar-refractivity contribution in [3.8, 4) is 0 Å². The van der Waals surface area contributed by atoms with Crippen molar-refractivity contribution in [2.75, 3.05) is 5.88 Å². The van der Waals surface area contributed by atoms with Gasteiger partial charge < -0.3 is 4.57 Å². The fourth-order valence-corrected chi connectivity index (χ4v) is 3.85. The van der Waals surface area contributed by atoms with Crippen LogP contribution in [0.4, 0.5) is 8.78 Å². The highest BCUT2D eigenvalue weighted by Gasteiger charge is 2.16. The van der Waals surface area contributed by atoms with Gasteiger partial charge in [0, 0.05) is 33.1 Å².